The van der Waals surface area contributed by atoms with Crippen LogP contribution in [0, 0.1) is 53.3 Å². The molecule has 0 heterocycles. The zero-order chi connectivity index (χ0) is 23.4. The van der Waals surface area contributed by atoms with Gasteiger partial charge in [0, 0.05) is 6.42 Å². The molecule has 182 valence electrons. The zero-order valence-corrected chi connectivity index (χ0v) is 18.4. The summed E-state index contributed by atoms with van der Waals surface area (Å²) in [5.41, 5.74) is -5.82. The number of carbonyl (C=O) groups is 1. The number of carbonyl (C=O) groups excluding carboxylic acids is 1. The normalized spacial score (nSPS) is 42.5. The highest BCUT2D eigenvalue weighted by atomic mass is 19.4. The average Bonchev–Trinajstić information content (AvgIpc) is 3.30. The monoisotopic (exact) mass is 468 g/mol. The SMILES string of the molecule is CC(C)(C)OC(=O)OC(CC1CC2C3CC(C12)C1C2CCC(C2)C31)(C(F)(F)F)C(F)(F)F. The van der Waals surface area contributed by atoms with Crippen LogP contribution in [0.1, 0.15) is 59.3 Å². The summed E-state index contributed by atoms with van der Waals surface area (Å²) in [5, 5.41) is 0. The predicted octanol–water partition coefficient (Wildman–Crippen LogP) is 6.76. The van der Waals surface area contributed by atoms with Gasteiger partial charge in [-0.1, -0.05) is 0 Å². The first-order valence-corrected chi connectivity index (χ1v) is 11.7. The number of hydrogen-bond acceptors (Lipinski definition) is 3. The first kappa shape index (κ1) is 22.6. The van der Waals surface area contributed by atoms with E-state index in [2.05, 4.69) is 9.47 Å². The lowest BCUT2D eigenvalue weighted by Gasteiger charge is -2.55. The molecule has 0 N–H and O–H groups in total. The molecule has 5 saturated carbocycles. The van der Waals surface area contributed by atoms with Crippen molar-refractivity contribution in [2.45, 2.75) is 82.9 Å². The van der Waals surface area contributed by atoms with Gasteiger partial charge in [-0.2, -0.15) is 26.3 Å². The summed E-state index contributed by atoms with van der Waals surface area (Å²) < 4.78 is 92.9. The Bertz CT molecular complexity index is 770. The topological polar surface area (TPSA) is 35.5 Å². The van der Waals surface area contributed by atoms with E-state index in [-0.39, 0.29) is 17.8 Å². The van der Waals surface area contributed by atoms with E-state index in [4.69, 9.17) is 0 Å². The second-order valence-electron chi connectivity index (χ2n) is 11.9. The Morgan fingerprint density at radius 3 is 1.81 bits per heavy atom. The van der Waals surface area contributed by atoms with Gasteiger partial charge < -0.3 is 9.47 Å². The molecule has 32 heavy (non-hydrogen) atoms. The van der Waals surface area contributed by atoms with E-state index in [1.807, 2.05) is 0 Å². The molecule has 9 atom stereocenters. The van der Waals surface area contributed by atoms with Gasteiger partial charge in [0.25, 0.3) is 0 Å². The highest BCUT2D eigenvalue weighted by Crippen LogP contribution is 2.76. The van der Waals surface area contributed by atoms with Gasteiger partial charge in [-0.3, -0.25) is 0 Å². The summed E-state index contributed by atoms with van der Waals surface area (Å²) in [4.78, 5) is 12.0. The van der Waals surface area contributed by atoms with Crippen LogP contribution < -0.4 is 0 Å². The van der Waals surface area contributed by atoms with E-state index in [9.17, 15) is 31.1 Å². The molecule has 0 saturated heterocycles. The van der Waals surface area contributed by atoms with Gasteiger partial charge in [0.15, 0.2) is 0 Å². The second kappa shape index (κ2) is 6.71. The molecule has 5 aliphatic rings. The Kier molecular flexibility index (Phi) is 4.75. The number of ether oxygens (including phenoxy) is 2. The molecular weight excluding hydrogens is 438 g/mol. The standard InChI is InChI=1S/C23H30F6O3/c1-20(2,3)31-19(30)32-21(22(24,25)26,23(27,28)29)9-12-7-13-14-8-15(16(12)13)18-11-5-4-10(6-11)17(14)18/h10-18H,4-9H2,1-3H3. The van der Waals surface area contributed by atoms with Gasteiger partial charge in [-0.15, -0.1) is 0 Å². The minimum Gasteiger partial charge on any atom is -0.429 e. The van der Waals surface area contributed by atoms with E-state index in [1.165, 1.54) is 33.6 Å². The van der Waals surface area contributed by atoms with E-state index in [0.717, 1.165) is 12.8 Å². The molecule has 0 aliphatic heterocycles. The first-order chi connectivity index (χ1) is 14.6. The van der Waals surface area contributed by atoms with Crippen LogP contribution in [0.2, 0.25) is 0 Å². The average molecular weight is 468 g/mol. The number of fused-ring (bicyclic) bond motifs is 12. The largest absolute Gasteiger partial charge is 0.510 e. The maximum Gasteiger partial charge on any atom is 0.510 e. The molecule has 9 unspecified atom stereocenters. The fourth-order valence-corrected chi connectivity index (χ4v) is 8.65. The van der Waals surface area contributed by atoms with Crippen LogP contribution >= 0.6 is 0 Å². The van der Waals surface area contributed by atoms with E-state index in [0.29, 0.717) is 36.0 Å². The molecule has 5 aliphatic carbocycles. The fourth-order valence-electron chi connectivity index (χ4n) is 8.65. The number of hydrogen-bond donors (Lipinski definition) is 0. The second-order valence-corrected chi connectivity index (χ2v) is 11.9. The quantitative estimate of drug-likeness (QED) is 0.261. The molecule has 0 spiro atoms. The van der Waals surface area contributed by atoms with Crippen LogP contribution in [0.15, 0.2) is 0 Å². The summed E-state index contributed by atoms with van der Waals surface area (Å²) in [6.45, 7) is 4.07. The Morgan fingerprint density at radius 1 is 0.750 bits per heavy atom. The Hall–Kier alpha value is -1.15. The molecular formula is C23H30F6O3. The van der Waals surface area contributed by atoms with E-state index >= 15 is 0 Å². The Labute approximate surface area is 183 Å². The van der Waals surface area contributed by atoms with Crippen LogP contribution in [-0.2, 0) is 9.47 Å². The third kappa shape index (κ3) is 3.11. The van der Waals surface area contributed by atoms with Crippen molar-refractivity contribution in [1.82, 2.24) is 0 Å². The third-order valence-corrected chi connectivity index (χ3v) is 9.35. The van der Waals surface area contributed by atoms with Crippen molar-refractivity contribution >= 4 is 6.16 Å². The molecule has 0 aromatic carbocycles. The van der Waals surface area contributed by atoms with Crippen molar-refractivity contribution < 1.29 is 40.6 Å². The third-order valence-electron chi connectivity index (χ3n) is 9.35. The lowest BCUT2D eigenvalue weighted by Crippen LogP contribution is -2.63. The molecule has 4 bridgehead atoms. The highest BCUT2D eigenvalue weighted by molar-refractivity contribution is 5.61. The van der Waals surface area contributed by atoms with E-state index < -0.39 is 42.0 Å². The Balaban J connectivity index is 1.39. The molecule has 5 rings (SSSR count). The van der Waals surface area contributed by atoms with Crippen LogP contribution in [-0.4, -0.2) is 29.7 Å². The summed E-state index contributed by atoms with van der Waals surface area (Å²) in [5.74, 6) is 2.45. The van der Waals surface area contributed by atoms with Crippen molar-refractivity contribution in [2.75, 3.05) is 0 Å². The van der Waals surface area contributed by atoms with Gasteiger partial charge in [-0.25, -0.2) is 4.79 Å². The van der Waals surface area contributed by atoms with Gasteiger partial charge in [0.2, 0.25) is 0 Å². The van der Waals surface area contributed by atoms with Crippen molar-refractivity contribution in [3.63, 3.8) is 0 Å². The van der Waals surface area contributed by atoms with Gasteiger partial charge in [0.05, 0.1) is 0 Å². The first-order valence-electron chi connectivity index (χ1n) is 11.7. The zero-order valence-electron chi connectivity index (χ0n) is 18.4. The number of rotatable bonds is 3. The smallest absolute Gasteiger partial charge is 0.429 e. The van der Waals surface area contributed by atoms with Gasteiger partial charge >= 0.3 is 24.1 Å². The lowest BCUT2D eigenvalue weighted by molar-refractivity contribution is -0.377. The lowest BCUT2D eigenvalue weighted by atomic mass is 9.50. The van der Waals surface area contributed by atoms with Gasteiger partial charge in [-0.05, 0) is 106 Å². The Morgan fingerprint density at radius 2 is 1.28 bits per heavy atom. The maximum atomic E-state index is 14.0. The molecule has 0 amide bonds. The fraction of sp³-hybridized carbons (Fsp3) is 0.957. The molecule has 0 aromatic heterocycles. The van der Waals surface area contributed by atoms with Crippen molar-refractivity contribution in [3.8, 4) is 0 Å². The molecule has 0 radical (unpaired) electrons. The predicted molar refractivity (Wildman–Crippen MR) is 101 cm³/mol. The minimum absolute atomic E-state index is 0.119. The van der Waals surface area contributed by atoms with Gasteiger partial charge in [0.1, 0.15) is 5.60 Å². The minimum atomic E-state index is -5.79. The maximum absolute atomic E-state index is 14.0. The van der Waals surface area contributed by atoms with Crippen molar-refractivity contribution in [2.24, 2.45) is 53.3 Å². The molecule has 9 heteroatoms. The summed E-state index contributed by atoms with van der Waals surface area (Å²) >= 11 is 0. The van der Waals surface area contributed by atoms with Crippen LogP contribution in [0.25, 0.3) is 0 Å². The molecule has 3 nitrogen and oxygen atoms in total. The van der Waals surface area contributed by atoms with Crippen molar-refractivity contribution in [1.29, 1.82) is 0 Å². The van der Waals surface area contributed by atoms with E-state index in [1.54, 1.807) is 0 Å². The number of halogens is 6. The summed E-state index contributed by atoms with van der Waals surface area (Å²) in [6, 6.07) is 0. The number of alkyl halides is 6. The molecule has 5 fully saturated rings. The summed E-state index contributed by atoms with van der Waals surface area (Å²) in [7, 11) is 0. The van der Waals surface area contributed by atoms with Crippen LogP contribution in [0.5, 0.6) is 0 Å². The van der Waals surface area contributed by atoms with Crippen LogP contribution in [0.3, 0.4) is 0 Å². The van der Waals surface area contributed by atoms with Crippen molar-refractivity contribution in [3.05, 3.63) is 0 Å². The molecule has 0 aromatic rings. The van der Waals surface area contributed by atoms with Crippen LogP contribution in [0.4, 0.5) is 31.1 Å². The summed E-state index contributed by atoms with van der Waals surface area (Å²) in [6.07, 6.45) is -9.93. The highest BCUT2D eigenvalue weighted by Gasteiger charge is 2.77.